The van der Waals surface area contributed by atoms with Gasteiger partial charge in [-0.3, -0.25) is 0 Å². The van der Waals surface area contributed by atoms with Gasteiger partial charge in [-0.2, -0.15) is 0 Å². The van der Waals surface area contributed by atoms with E-state index in [4.69, 9.17) is 16.7 Å². The minimum absolute atomic E-state index is 0.104. The number of nitrogens with zero attached hydrogens (tertiary/aromatic N) is 3. The van der Waals surface area contributed by atoms with Crippen LogP contribution in [0.4, 0.5) is 0 Å². The largest absolute Gasteiger partial charge is 0.395 e. The number of aromatic nitrogens is 3. The molecule has 0 saturated carbocycles. The SMILES string of the molecule is OCCNCc1cn(-c2ccc(Br)cc2Cl)nn1. The predicted octanol–water partition coefficient (Wildman–Crippen LogP) is 1.77. The molecule has 7 heteroatoms. The first-order valence-electron chi connectivity index (χ1n) is 5.39. The van der Waals surface area contributed by atoms with Crippen molar-refractivity contribution in [2.45, 2.75) is 6.54 Å². The van der Waals surface area contributed by atoms with Crippen molar-refractivity contribution in [3.8, 4) is 5.69 Å². The molecule has 0 saturated heterocycles. The zero-order valence-corrected chi connectivity index (χ0v) is 11.8. The highest BCUT2D eigenvalue weighted by Crippen LogP contribution is 2.23. The van der Waals surface area contributed by atoms with E-state index in [1.54, 1.807) is 10.9 Å². The molecule has 2 N–H and O–H groups in total. The van der Waals surface area contributed by atoms with Crippen molar-refractivity contribution < 1.29 is 5.11 Å². The average Bonchev–Trinajstić information content (AvgIpc) is 2.78. The first kappa shape index (κ1) is 13.5. The summed E-state index contributed by atoms with van der Waals surface area (Å²) in [5.41, 5.74) is 1.57. The lowest BCUT2D eigenvalue weighted by atomic mass is 10.3. The van der Waals surface area contributed by atoms with Gasteiger partial charge in [0.1, 0.15) is 0 Å². The van der Waals surface area contributed by atoms with E-state index in [0.717, 1.165) is 15.9 Å². The predicted molar refractivity (Wildman–Crippen MR) is 72.9 cm³/mol. The van der Waals surface area contributed by atoms with Crippen molar-refractivity contribution in [2.24, 2.45) is 0 Å². The Bertz CT molecular complexity index is 532. The first-order valence-corrected chi connectivity index (χ1v) is 6.56. The van der Waals surface area contributed by atoms with Gasteiger partial charge < -0.3 is 10.4 Å². The maximum absolute atomic E-state index is 8.66. The topological polar surface area (TPSA) is 63.0 Å². The number of hydrogen-bond donors (Lipinski definition) is 2. The maximum atomic E-state index is 8.66. The zero-order chi connectivity index (χ0) is 13.0. The molecule has 1 aromatic carbocycles. The van der Waals surface area contributed by atoms with Crippen molar-refractivity contribution >= 4 is 27.5 Å². The molecule has 0 aliphatic rings. The van der Waals surface area contributed by atoms with Gasteiger partial charge in [0.05, 0.1) is 29.2 Å². The van der Waals surface area contributed by atoms with Crippen LogP contribution in [0.15, 0.2) is 28.9 Å². The Balaban J connectivity index is 2.13. The van der Waals surface area contributed by atoms with E-state index in [9.17, 15) is 0 Å². The Morgan fingerprint density at radius 3 is 3.00 bits per heavy atom. The van der Waals surface area contributed by atoms with Crippen LogP contribution in [-0.2, 0) is 6.54 Å². The number of halogens is 2. The molecule has 0 spiro atoms. The average molecular weight is 332 g/mol. The van der Waals surface area contributed by atoms with E-state index in [-0.39, 0.29) is 6.61 Å². The highest BCUT2D eigenvalue weighted by Gasteiger charge is 2.06. The van der Waals surface area contributed by atoms with E-state index >= 15 is 0 Å². The Hall–Kier alpha value is -0.950. The fraction of sp³-hybridized carbons (Fsp3) is 0.273. The summed E-state index contributed by atoms with van der Waals surface area (Å²) in [4.78, 5) is 0. The van der Waals surface area contributed by atoms with E-state index < -0.39 is 0 Å². The van der Waals surface area contributed by atoms with Gasteiger partial charge in [0.25, 0.3) is 0 Å². The van der Waals surface area contributed by atoms with Gasteiger partial charge in [0, 0.05) is 17.6 Å². The molecule has 2 aromatic rings. The molecule has 1 aromatic heterocycles. The molecule has 96 valence electrons. The molecule has 1 heterocycles. The van der Waals surface area contributed by atoms with Gasteiger partial charge in [-0.25, -0.2) is 4.68 Å². The summed E-state index contributed by atoms with van der Waals surface area (Å²) in [7, 11) is 0. The molecular weight excluding hydrogens is 320 g/mol. The van der Waals surface area contributed by atoms with Crippen LogP contribution >= 0.6 is 27.5 Å². The molecule has 2 rings (SSSR count). The van der Waals surface area contributed by atoms with Gasteiger partial charge >= 0.3 is 0 Å². The van der Waals surface area contributed by atoms with Gasteiger partial charge in [-0.05, 0) is 18.2 Å². The molecule has 0 unspecified atom stereocenters. The number of rotatable bonds is 5. The van der Waals surface area contributed by atoms with Crippen molar-refractivity contribution in [3.05, 3.63) is 39.6 Å². The standard InChI is InChI=1S/C11H12BrClN4O/c12-8-1-2-11(10(13)5-8)17-7-9(15-16-17)6-14-3-4-18/h1-2,5,7,14,18H,3-4,6H2. The lowest BCUT2D eigenvalue weighted by Gasteiger charge is -2.03. The Morgan fingerprint density at radius 1 is 1.44 bits per heavy atom. The number of nitrogens with one attached hydrogen (secondary N) is 1. The van der Waals surface area contributed by atoms with E-state index in [0.29, 0.717) is 18.1 Å². The zero-order valence-electron chi connectivity index (χ0n) is 9.48. The first-order chi connectivity index (χ1) is 8.70. The van der Waals surface area contributed by atoms with Crippen LogP contribution in [0.3, 0.4) is 0 Å². The third-order valence-electron chi connectivity index (χ3n) is 2.29. The van der Waals surface area contributed by atoms with E-state index in [1.807, 2.05) is 18.2 Å². The monoisotopic (exact) mass is 330 g/mol. The summed E-state index contributed by atoms with van der Waals surface area (Å²) in [5, 5.41) is 20.3. The quantitative estimate of drug-likeness (QED) is 0.820. The van der Waals surface area contributed by atoms with Crippen LogP contribution in [0, 0.1) is 0 Å². The van der Waals surface area contributed by atoms with Crippen LogP contribution < -0.4 is 5.32 Å². The lowest BCUT2D eigenvalue weighted by molar-refractivity contribution is 0.291. The molecule has 0 radical (unpaired) electrons. The maximum Gasteiger partial charge on any atom is 0.0969 e. The summed E-state index contributed by atoms with van der Waals surface area (Å²) in [6.45, 7) is 1.20. The summed E-state index contributed by atoms with van der Waals surface area (Å²) in [6, 6.07) is 5.57. The van der Waals surface area contributed by atoms with E-state index in [1.165, 1.54) is 0 Å². The van der Waals surface area contributed by atoms with Crippen molar-refractivity contribution in [3.63, 3.8) is 0 Å². The van der Waals surface area contributed by atoms with Crippen LogP contribution in [0.5, 0.6) is 0 Å². The summed E-state index contributed by atoms with van der Waals surface area (Å²) in [5.74, 6) is 0. The van der Waals surface area contributed by atoms with Gasteiger partial charge in [0.15, 0.2) is 0 Å². The molecule has 0 fully saturated rings. The minimum Gasteiger partial charge on any atom is -0.395 e. The van der Waals surface area contributed by atoms with E-state index in [2.05, 4.69) is 31.6 Å². The van der Waals surface area contributed by atoms with Crippen molar-refractivity contribution in [1.29, 1.82) is 0 Å². The lowest BCUT2D eigenvalue weighted by Crippen LogP contribution is -2.17. The number of aliphatic hydroxyl groups is 1. The Labute approximate surface area is 118 Å². The molecule has 5 nitrogen and oxygen atoms in total. The molecule has 0 aliphatic heterocycles. The summed E-state index contributed by atoms with van der Waals surface area (Å²) >= 11 is 9.49. The van der Waals surface area contributed by atoms with Gasteiger partial charge in [0.2, 0.25) is 0 Å². The number of hydrogen-bond acceptors (Lipinski definition) is 4. The van der Waals surface area contributed by atoms with Crippen LogP contribution in [-0.4, -0.2) is 33.3 Å². The van der Waals surface area contributed by atoms with Crippen LogP contribution in [0.2, 0.25) is 5.02 Å². The second-order valence-electron chi connectivity index (χ2n) is 3.65. The van der Waals surface area contributed by atoms with Crippen LogP contribution in [0.25, 0.3) is 5.69 Å². The highest BCUT2D eigenvalue weighted by molar-refractivity contribution is 9.10. The highest BCUT2D eigenvalue weighted by atomic mass is 79.9. The summed E-state index contributed by atoms with van der Waals surface area (Å²) < 4.78 is 2.55. The number of benzene rings is 1. The third kappa shape index (κ3) is 3.29. The van der Waals surface area contributed by atoms with Crippen molar-refractivity contribution in [2.75, 3.05) is 13.2 Å². The normalized spacial score (nSPS) is 10.8. The second kappa shape index (κ2) is 6.29. The van der Waals surface area contributed by atoms with Crippen molar-refractivity contribution in [1.82, 2.24) is 20.3 Å². The van der Waals surface area contributed by atoms with Gasteiger partial charge in [-0.15, -0.1) is 5.10 Å². The molecule has 18 heavy (non-hydrogen) atoms. The minimum atomic E-state index is 0.104. The van der Waals surface area contributed by atoms with Crippen LogP contribution in [0.1, 0.15) is 5.69 Å². The fourth-order valence-corrected chi connectivity index (χ4v) is 2.22. The van der Waals surface area contributed by atoms with Gasteiger partial charge in [-0.1, -0.05) is 32.7 Å². The second-order valence-corrected chi connectivity index (χ2v) is 4.97. The molecule has 0 aliphatic carbocycles. The fourth-order valence-electron chi connectivity index (χ4n) is 1.46. The molecule has 0 atom stereocenters. The molecule has 0 amide bonds. The smallest absolute Gasteiger partial charge is 0.0969 e. The number of aliphatic hydroxyl groups excluding tert-OH is 1. The third-order valence-corrected chi connectivity index (χ3v) is 3.09. The summed E-state index contributed by atoms with van der Waals surface area (Å²) in [6.07, 6.45) is 1.81. The Morgan fingerprint density at radius 2 is 2.28 bits per heavy atom. The molecule has 0 bridgehead atoms. The molecular formula is C11H12BrClN4O. The Kier molecular flexibility index (Phi) is 4.71.